The van der Waals surface area contributed by atoms with Crippen molar-refractivity contribution in [3.8, 4) is 5.75 Å². The van der Waals surface area contributed by atoms with Crippen molar-refractivity contribution in [1.29, 1.82) is 0 Å². The summed E-state index contributed by atoms with van der Waals surface area (Å²) in [6, 6.07) is 6.46. The summed E-state index contributed by atoms with van der Waals surface area (Å²) in [7, 11) is 0. The zero-order valence-corrected chi connectivity index (χ0v) is 12.7. The normalized spacial score (nSPS) is 11.9. The van der Waals surface area contributed by atoms with Crippen LogP contribution in [0.2, 0.25) is 5.02 Å². The van der Waals surface area contributed by atoms with Crippen LogP contribution < -0.4 is 10.6 Å². The Bertz CT molecular complexity index is 687. The summed E-state index contributed by atoms with van der Waals surface area (Å²) in [5.74, 6) is -1.33. The number of hydrogen-bond acceptors (Lipinski definition) is 5. The Morgan fingerprint density at radius 3 is 2.74 bits per heavy atom. The van der Waals surface area contributed by atoms with Crippen LogP contribution in [0.1, 0.15) is 12.2 Å². The molecule has 0 aliphatic carbocycles. The molecule has 0 spiro atoms. The number of carboxylic acid groups (broad SMARTS) is 1. The molecule has 0 saturated heterocycles. The van der Waals surface area contributed by atoms with Crippen LogP contribution in [0.25, 0.3) is 0 Å². The molecule has 4 N–H and O–H groups in total. The number of nitrogens with one attached hydrogen (secondary N) is 2. The lowest BCUT2D eigenvalue weighted by Gasteiger charge is -2.14. The van der Waals surface area contributed by atoms with E-state index in [1.807, 2.05) is 0 Å². The van der Waals surface area contributed by atoms with Gasteiger partial charge in [0.2, 0.25) is 5.91 Å². The molecular formula is C15H15ClN2O5. The van der Waals surface area contributed by atoms with Crippen LogP contribution in [-0.2, 0) is 16.1 Å². The van der Waals surface area contributed by atoms with Crippen LogP contribution in [0, 0.1) is 0 Å². The summed E-state index contributed by atoms with van der Waals surface area (Å²) in [6.45, 7) is 0.180. The summed E-state index contributed by atoms with van der Waals surface area (Å²) < 4.78 is 5.09. The van der Waals surface area contributed by atoms with Crippen molar-refractivity contribution in [2.75, 3.05) is 5.32 Å². The maximum Gasteiger partial charge on any atom is 0.321 e. The number of hydrogen-bond donors (Lipinski definition) is 4. The van der Waals surface area contributed by atoms with E-state index in [0.29, 0.717) is 10.8 Å². The molecule has 1 aromatic carbocycles. The monoisotopic (exact) mass is 338 g/mol. The fourth-order valence-electron chi connectivity index (χ4n) is 1.88. The predicted molar refractivity (Wildman–Crippen MR) is 83.3 cm³/mol. The van der Waals surface area contributed by atoms with Crippen molar-refractivity contribution in [3.05, 3.63) is 47.4 Å². The first-order chi connectivity index (χ1) is 11.0. The molecule has 1 heterocycles. The molecule has 0 bridgehead atoms. The van der Waals surface area contributed by atoms with E-state index in [1.165, 1.54) is 24.5 Å². The van der Waals surface area contributed by atoms with Gasteiger partial charge in [-0.3, -0.25) is 14.9 Å². The third-order valence-electron chi connectivity index (χ3n) is 3.02. The lowest BCUT2D eigenvalue weighted by atomic mass is 10.2. The molecule has 1 amide bonds. The Kier molecular flexibility index (Phi) is 5.61. The standard InChI is InChI=1S/C15H15ClN2O5/c16-9-3-4-13(19)11(6-9)18-14(20)7-12(15(21)22)17-8-10-2-1-5-23-10/h1-6,12,17,19H,7-8H2,(H,18,20)(H,21,22). The molecule has 1 aromatic heterocycles. The quantitative estimate of drug-likeness (QED) is 0.576. The van der Waals surface area contributed by atoms with Gasteiger partial charge in [-0.05, 0) is 30.3 Å². The van der Waals surface area contributed by atoms with Crippen molar-refractivity contribution in [2.24, 2.45) is 0 Å². The van der Waals surface area contributed by atoms with E-state index < -0.39 is 17.9 Å². The average Bonchev–Trinajstić information content (AvgIpc) is 3.00. The van der Waals surface area contributed by atoms with Gasteiger partial charge in [0.25, 0.3) is 0 Å². The smallest absolute Gasteiger partial charge is 0.321 e. The van der Waals surface area contributed by atoms with E-state index in [-0.39, 0.29) is 24.4 Å². The van der Waals surface area contributed by atoms with Gasteiger partial charge in [-0.1, -0.05) is 11.6 Å². The van der Waals surface area contributed by atoms with Crippen LogP contribution in [-0.4, -0.2) is 28.1 Å². The molecule has 0 fully saturated rings. The second-order valence-electron chi connectivity index (χ2n) is 4.76. The van der Waals surface area contributed by atoms with Crippen LogP contribution in [0.15, 0.2) is 41.0 Å². The van der Waals surface area contributed by atoms with Crippen LogP contribution in [0.5, 0.6) is 5.75 Å². The molecule has 23 heavy (non-hydrogen) atoms. The summed E-state index contributed by atoms with van der Waals surface area (Å²) in [4.78, 5) is 23.2. The number of phenols is 1. The molecule has 1 unspecified atom stereocenters. The van der Waals surface area contributed by atoms with Crippen molar-refractivity contribution in [3.63, 3.8) is 0 Å². The highest BCUT2D eigenvalue weighted by Crippen LogP contribution is 2.26. The number of aromatic hydroxyl groups is 1. The van der Waals surface area contributed by atoms with Gasteiger partial charge >= 0.3 is 5.97 Å². The number of benzene rings is 1. The second-order valence-corrected chi connectivity index (χ2v) is 5.20. The minimum Gasteiger partial charge on any atom is -0.506 e. The third-order valence-corrected chi connectivity index (χ3v) is 3.26. The minimum atomic E-state index is -1.16. The Balaban J connectivity index is 1.94. The predicted octanol–water partition coefficient (Wildman–Crippen LogP) is 2.21. The maximum atomic E-state index is 12.0. The highest BCUT2D eigenvalue weighted by atomic mass is 35.5. The van der Waals surface area contributed by atoms with Gasteiger partial charge in [0, 0.05) is 5.02 Å². The second kappa shape index (κ2) is 7.66. The first kappa shape index (κ1) is 16.9. The number of anilines is 1. The molecule has 0 saturated carbocycles. The average molecular weight is 339 g/mol. The van der Waals surface area contributed by atoms with E-state index in [9.17, 15) is 19.8 Å². The number of amides is 1. The summed E-state index contributed by atoms with van der Waals surface area (Å²) in [5, 5.41) is 24.3. The van der Waals surface area contributed by atoms with Crippen molar-refractivity contribution in [2.45, 2.75) is 19.0 Å². The molecule has 0 aliphatic rings. The Labute approximate surface area is 136 Å². The van der Waals surface area contributed by atoms with Gasteiger partial charge in [0.15, 0.2) is 0 Å². The number of aliphatic carboxylic acids is 1. The number of rotatable bonds is 7. The maximum absolute atomic E-state index is 12.0. The van der Waals surface area contributed by atoms with Gasteiger partial charge in [-0.15, -0.1) is 0 Å². The van der Waals surface area contributed by atoms with Crippen LogP contribution >= 0.6 is 11.6 Å². The first-order valence-electron chi connectivity index (χ1n) is 6.72. The van der Waals surface area contributed by atoms with E-state index in [0.717, 1.165) is 0 Å². The van der Waals surface area contributed by atoms with Gasteiger partial charge in [-0.2, -0.15) is 0 Å². The number of carbonyl (C=O) groups is 2. The van der Waals surface area contributed by atoms with Gasteiger partial charge in [0.1, 0.15) is 17.6 Å². The van der Waals surface area contributed by atoms with E-state index >= 15 is 0 Å². The highest BCUT2D eigenvalue weighted by Gasteiger charge is 2.21. The van der Waals surface area contributed by atoms with Gasteiger partial charge in [-0.25, -0.2) is 0 Å². The van der Waals surface area contributed by atoms with Crippen molar-refractivity contribution >= 4 is 29.2 Å². The topological polar surface area (TPSA) is 112 Å². The molecule has 0 radical (unpaired) electrons. The Morgan fingerprint density at radius 2 is 2.09 bits per heavy atom. The first-order valence-corrected chi connectivity index (χ1v) is 7.10. The minimum absolute atomic E-state index is 0.123. The highest BCUT2D eigenvalue weighted by molar-refractivity contribution is 6.31. The number of carboxylic acids is 1. The largest absolute Gasteiger partial charge is 0.506 e. The lowest BCUT2D eigenvalue weighted by Crippen LogP contribution is -2.39. The molecule has 0 aliphatic heterocycles. The van der Waals surface area contributed by atoms with E-state index in [2.05, 4.69) is 10.6 Å². The summed E-state index contributed by atoms with van der Waals surface area (Å²) in [6.07, 6.45) is 1.16. The SMILES string of the molecule is O=C(CC(NCc1ccco1)C(=O)O)Nc1cc(Cl)ccc1O. The molecule has 8 heteroatoms. The van der Waals surface area contributed by atoms with Crippen molar-refractivity contribution < 1.29 is 24.2 Å². The lowest BCUT2D eigenvalue weighted by molar-refractivity contribution is -0.141. The number of halogens is 1. The number of furan rings is 1. The summed E-state index contributed by atoms with van der Waals surface area (Å²) >= 11 is 5.78. The fourth-order valence-corrected chi connectivity index (χ4v) is 2.05. The molecular weight excluding hydrogens is 324 g/mol. The van der Waals surface area contributed by atoms with Gasteiger partial charge < -0.3 is 19.9 Å². The molecule has 122 valence electrons. The van der Waals surface area contributed by atoms with E-state index in [4.69, 9.17) is 16.0 Å². The number of phenolic OH excluding ortho intramolecular Hbond substituents is 1. The molecule has 2 rings (SSSR count). The zero-order valence-electron chi connectivity index (χ0n) is 12.0. The molecule has 7 nitrogen and oxygen atoms in total. The zero-order chi connectivity index (χ0) is 16.8. The van der Waals surface area contributed by atoms with Crippen LogP contribution in [0.4, 0.5) is 5.69 Å². The van der Waals surface area contributed by atoms with Crippen molar-refractivity contribution in [1.82, 2.24) is 5.32 Å². The molecule has 2 aromatic rings. The van der Waals surface area contributed by atoms with Crippen LogP contribution in [0.3, 0.4) is 0 Å². The fraction of sp³-hybridized carbons (Fsp3) is 0.200. The Hall–Kier alpha value is -2.51. The summed E-state index contributed by atoms with van der Waals surface area (Å²) in [5.41, 5.74) is 0.123. The van der Waals surface area contributed by atoms with E-state index in [1.54, 1.807) is 12.1 Å². The third kappa shape index (κ3) is 5.01. The number of carbonyl (C=O) groups excluding carboxylic acids is 1. The Morgan fingerprint density at radius 1 is 1.30 bits per heavy atom. The van der Waals surface area contributed by atoms with Gasteiger partial charge in [0.05, 0.1) is 24.9 Å². The molecule has 1 atom stereocenters.